The van der Waals surface area contributed by atoms with Crippen LogP contribution in [-0.2, 0) is 0 Å². The Hall–Kier alpha value is -2.41. The van der Waals surface area contributed by atoms with E-state index in [4.69, 9.17) is 0 Å². The van der Waals surface area contributed by atoms with Crippen molar-refractivity contribution in [2.45, 2.75) is 6.42 Å². The zero-order valence-electron chi connectivity index (χ0n) is 10.7. The molecule has 0 radical (unpaired) electrons. The summed E-state index contributed by atoms with van der Waals surface area (Å²) in [6, 6.07) is 15.5. The van der Waals surface area contributed by atoms with Crippen LogP contribution in [0.5, 0.6) is 0 Å². The van der Waals surface area contributed by atoms with Crippen LogP contribution < -0.4 is 0 Å². The van der Waals surface area contributed by atoms with Crippen LogP contribution in [0.4, 0.5) is 0 Å². The number of carbonyl (C=O) groups excluding carboxylic acids is 1. The molecule has 2 rings (SSSR count). The van der Waals surface area contributed by atoms with Gasteiger partial charge in [-0.15, -0.1) is 0 Å². The Balaban J connectivity index is 2.62. The predicted molar refractivity (Wildman–Crippen MR) is 80.3 cm³/mol. The van der Waals surface area contributed by atoms with Crippen LogP contribution in [0.25, 0.3) is 6.08 Å². The summed E-state index contributed by atoms with van der Waals surface area (Å²) in [7, 11) is 0. The van der Waals surface area contributed by atoms with Crippen LogP contribution >= 0.6 is 0 Å². The Morgan fingerprint density at radius 1 is 0.737 bits per heavy atom. The second-order valence-electron chi connectivity index (χ2n) is 4.16. The first kappa shape index (κ1) is 13.0. The minimum Gasteiger partial charge on any atom is -0.294 e. The molecular weight excluding hydrogens is 232 g/mol. The molecule has 0 saturated heterocycles. The molecule has 1 aliphatic carbocycles. The van der Waals surface area contributed by atoms with Crippen LogP contribution in [-0.4, -0.2) is 5.78 Å². The molecule has 19 heavy (non-hydrogen) atoms. The molecule has 1 aromatic rings. The molecule has 1 aromatic carbocycles. The quantitative estimate of drug-likeness (QED) is 0.659. The normalized spacial score (nSPS) is 18.6. The van der Waals surface area contributed by atoms with E-state index in [0.717, 1.165) is 11.1 Å². The van der Waals surface area contributed by atoms with Gasteiger partial charge in [0.2, 0.25) is 0 Å². The van der Waals surface area contributed by atoms with E-state index in [2.05, 4.69) is 0 Å². The molecule has 0 saturated carbocycles. The molecule has 0 aliphatic heterocycles. The lowest BCUT2D eigenvalue weighted by molar-refractivity contribution is 0.0995. The van der Waals surface area contributed by atoms with Gasteiger partial charge in [0.25, 0.3) is 0 Å². The van der Waals surface area contributed by atoms with Gasteiger partial charge in [-0.05, 0) is 5.56 Å². The molecule has 0 aromatic heterocycles. The molecule has 0 bridgehead atoms. The average molecular weight is 248 g/mol. The standard InChI is InChI=1S/C18H16O/c19-18-15-11-7-3-5-9-13-16-12-8-4-1-2-6-10-14-17(16)18/h1-14H,15H2/b2-1?,4-1?,5-3-,6-2?,8-4?,10-6?,11-7-,12-8?,13-9-,14-10?,16-12?,17-14?,17-16?. The number of rotatable bonds is 0. The number of Topliss-reactive ketones (excluding diaryl/α,β-unsaturated/α-hetero) is 1. The molecule has 0 N–H and O–H groups in total. The van der Waals surface area contributed by atoms with Gasteiger partial charge in [-0.3, -0.25) is 4.79 Å². The summed E-state index contributed by atoms with van der Waals surface area (Å²) in [6.45, 7) is 0. The third-order valence-electron chi connectivity index (χ3n) is 2.75. The summed E-state index contributed by atoms with van der Waals surface area (Å²) in [4.78, 5) is 12.2. The van der Waals surface area contributed by atoms with Crippen LogP contribution in [0.1, 0.15) is 22.3 Å². The molecule has 94 valence electrons. The van der Waals surface area contributed by atoms with Crippen molar-refractivity contribution in [1.82, 2.24) is 0 Å². The number of carbonyl (C=O) groups is 1. The molecule has 1 aliphatic rings. The Bertz CT molecular complexity index is 590. The van der Waals surface area contributed by atoms with Crippen molar-refractivity contribution < 1.29 is 4.79 Å². The highest BCUT2D eigenvalue weighted by Crippen LogP contribution is 2.12. The summed E-state index contributed by atoms with van der Waals surface area (Å²) in [5, 5.41) is 0. The number of hydrogen-bond donors (Lipinski definition) is 0. The van der Waals surface area contributed by atoms with Crippen molar-refractivity contribution in [2.75, 3.05) is 0 Å². The Labute approximate surface area is 113 Å². The molecule has 1 nitrogen and oxygen atoms in total. The fraction of sp³-hybridized carbons (Fsp3) is 0.0556. The fourth-order valence-corrected chi connectivity index (χ4v) is 1.80. The van der Waals surface area contributed by atoms with Crippen LogP contribution in [0.3, 0.4) is 0 Å². The monoisotopic (exact) mass is 248 g/mol. The maximum absolute atomic E-state index is 12.2. The molecule has 1 heteroatoms. The largest absolute Gasteiger partial charge is 0.294 e. The Kier molecular flexibility index (Phi) is 4.88. The Morgan fingerprint density at radius 3 is 2.26 bits per heavy atom. The van der Waals surface area contributed by atoms with Gasteiger partial charge in [0.05, 0.1) is 0 Å². The summed E-state index contributed by atoms with van der Waals surface area (Å²) in [5.41, 5.74) is 1.67. The van der Waals surface area contributed by atoms with Gasteiger partial charge in [-0.25, -0.2) is 0 Å². The van der Waals surface area contributed by atoms with Crippen molar-refractivity contribution in [3.63, 3.8) is 0 Å². The highest BCUT2D eigenvalue weighted by Gasteiger charge is 2.06. The summed E-state index contributed by atoms with van der Waals surface area (Å²) in [6.07, 6.45) is 12.0. The minimum atomic E-state index is 0.130. The maximum Gasteiger partial charge on any atom is 0.167 e. The first-order valence-corrected chi connectivity index (χ1v) is 6.33. The number of ketones is 1. The van der Waals surface area contributed by atoms with E-state index in [1.807, 2.05) is 85.0 Å². The number of fused-ring (bicyclic) bond motifs is 1. The summed E-state index contributed by atoms with van der Waals surface area (Å²) >= 11 is 0. The molecule has 0 spiro atoms. The first-order chi connectivity index (χ1) is 9.38. The maximum atomic E-state index is 12.2. The molecule has 0 atom stereocenters. The summed E-state index contributed by atoms with van der Waals surface area (Å²) in [5.74, 6) is 0.130. The van der Waals surface area contributed by atoms with E-state index in [1.165, 1.54) is 0 Å². The second-order valence-corrected chi connectivity index (χ2v) is 4.16. The van der Waals surface area contributed by atoms with Crippen LogP contribution in [0.15, 0.2) is 78.9 Å². The Morgan fingerprint density at radius 2 is 1.42 bits per heavy atom. The molecular formula is C18H16O. The van der Waals surface area contributed by atoms with Gasteiger partial charge >= 0.3 is 0 Å². The van der Waals surface area contributed by atoms with Crippen molar-refractivity contribution in [3.8, 4) is 0 Å². The van der Waals surface area contributed by atoms with E-state index < -0.39 is 0 Å². The predicted octanol–water partition coefficient (Wildman–Crippen LogP) is 4.52. The molecule has 0 fully saturated rings. The van der Waals surface area contributed by atoms with Gasteiger partial charge in [-0.2, -0.15) is 0 Å². The van der Waals surface area contributed by atoms with E-state index in [0.29, 0.717) is 6.42 Å². The molecule has 0 amide bonds. The van der Waals surface area contributed by atoms with Crippen molar-refractivity contribution in [2.24, 2.45) is 0 Å². The lowest BCUT2D eigenvalue weighted by Gasteiger charge is -2.01. The van der Waals surface area contributed by atoms with E-state index >= 15 is 0 Å². The smallest absolute Gasteiger partial charge is 0.167 e. The second kappa shape index (κ2) is 7.12. The van der Waals surface area contributed by atoms with Gasteiger partial charge in [-0.1, -0.05) is 85.0 Å². The zero-order valence-corrected chi connectivity index (χ0v) is 10.7. The van der Waals surface area contributed by atoms with E-state index in [-0.39, 0.29) is 5.78 Å². The molecule has 0 heterocycles. The van der Waals surface area contributed by atoms with Crippen molar-refractivity contribution >= 4 is 11.9 Å². The van der Waals surface area contributed by atoms with Crippen LogP contribution in [0.2, 0.25) is 0 Å². The topological polar surface area (TPSA) is 17.1 Å². The van der Waals surface area contributed by atoms with E-state index in [9.17, 15) is 4.79 Å². The highest BCUT2D eigenvalue weighted by atomic mass is 16.1. The lowest BCUT2D eigenvalue weighted by atomic mass is 10.0. The van der Waals surface area contributed by atoms with Gasteiger partial charge in [0, 0.05) is 12.0 Å². The molecule has 0 unspecified atom stereocenters. The lowest BCUT2D eigenvalue weighted by Crippen LogP contribution is -1.99. The van der Waals surface area contributed by atoms with Gasteiger partial charge < -0.3 is 0 Å². The zero-order chi connectivity index (χ0) is 13.3. The fourth-order valence-electron chi connectivity index (χ4n) is 1.80. The van der Waals surface area contributed by atoms with Crippen molar-refractivity contribution in [3.05, 3.63) is 90.0 Å². The minimum absolute atomic E-state index is 0.130. The third kappa shape index (κ3) is 4.07. The number of allylic oxidation sites excluding steroid dienone is 5. The van der Waals surface area contributed by atoms with Gasteiger partial charge in [0.15, 0.2) is 5.78 Å². The third-order valence-corrected chi connectivity index (χ3v) is 2.75. The van der Waals surface area contributed by atoms with E-state index in [1.54, 1.807) is 0 Å². The van der Waals surface area contributed by atoms with Crippen LogP contribution in [0, 0.1) is 0 Å². The van der Waals surface area contributed by atoms with Crippen molar-refractivity contribution in [1.29, 1.82) is 0 Å². The first-order valence-electron chi connectivity index (χ1n) is 6.33. The van der Waals surface area contributed by atoms with Gasteiger partial charge in [0.1, 0.15) is 0 Å². The number of hydrogen-bond acceptors (Lipinski definition) is 1. The summed E-state index contributed by atoms with van der Waals surface area (Å²) < 4.78 is 0. The average Bonchev–Trinajstić information content (AvgIpc) is 2.43. The SMILES string of the molecule is O=C1C\C=C/C=C\C=C/c2ccccccccc21. The highest BCUT2D eigenvalue weighted by molar-refractivity contribution is 6.00.